The van der Waals surface area contributed by atoms with Crippen LogP contribution in [0.2, 0.25) is 0 Å². The van der Waals surface area contributed by atoms with Gasteiger partial charge in [-0.3, -0.25) is 9.59 Å². The normalized spacial score (nSPS) is 16.4. The summed E-state index contributed by atoms with van der Waals surface area (Å²) in [5.41, 5.74) is 1.10. The number of nitrogens with zero attached hydrogens (tertiary/aromatic N) is 1. The van der Waals surface area contributed by atoms with Gasteiger partial charge < -0.3 is 15.0 Å². The van der Waals surface area contributed by atoms with Gasteiger partial charge in [-0.2, -0.15) is 0 Å². The van der Waals surface area contributed by atoms with Crippen LogP contribution in [0.5, 0.6) is 5.75 Å². The van der Waals surface area contributed by atoms with Crippen molar-refractivity contribution < 1.29 is 18.7 Å². The third-order valence-electron chi connectivity index (χ3n) is 3.86. The van der Waals surface area contributed by atoms with E-state index < -0.39 is 17.8 Å². The molecule has 6 heteroatoms. The Morgan fingerprint density at radius 1 is 1.29 bits per heavy atom. The molecule has 1 aliphatic heterocycles. The van der Waals surface area contributed by atoms with Crippen molar-refractivity contribution in [1.29, 1.82) is 0 Å². The van der Waals surface area contributed by atoms with E-state index >= 15 is 0 Å². The number of nitrogens with one attached hydrogen (secondary N) is 1. The third kappa shape index (κ3) is 2.82. The highest BCUT2D eigenvalue weighted by atomic mass is 19.1. The molecule has 0 bridgehead atoms. The highest BCUT2D eigenvalue weighted by Gasteiger charge is 2.30. The molecule has 2 aromatic rings. The molecular weight excluding hydrogens is 311 g/mol. The molecule has 0 saturated heterocycles. The molecule has 124 valence electrons. The zero-order chi connectivity index (χ0) is 17.3. The Balaban J connectivity index is 1.87. The fourth-order valence-electron chi connectivity index (χ4n) is 2.66. The molecule has 1 unspecified atom stereocenters. The molecule has 1 atom stereocenters. The number of ether oxygens (including phenoxy) is 1. The van der Waals surface area contributed by atoms with Crippen LogP contribution in [0.15, 0.2) is 42.5 Å². The van der Waals surface area contributed by atoms with Crippen LogP contribution in [-0.4, -0.2) is 24.5 Å². The second-order valence-electron chi connectivity index (χ2n) is 5.46. The molecule has 0 spiro atoms. The monoisotopic (exact) mass is 328 g/mol. The second-order valence-corrected chi connectivity index (χ2v) is 5.46. The highest BCUT2D eigenvalue weighted by molar-refractivity contribution is 6.05. The SMILES string of the molecule is CCN1C(=O)C(C)Oc2cc(NC(=O)c3ccccc3F)ccc21. The minimum atomic E-state index is -0.588. The number of likely N-dealkylation sites (N-methyl/N-ethyl adjacent to an activating group) is 1. The molecule has 2 amide bonds. The van der Waals surface area contributed by atoms with Crippen molar-refractivity contribution in [2.75, 3.05) is 16.8 Å². The number of carbonyl (C=O) groups is 2. The Hall–Kier alpha value is -2.89. The maximum Gasteiger partial charge on any atom is 0.267 e. The Morgan fingerprint density at radius 2 is 2.04 bits per heavy atom. The first kappa shape index (κ1) is 16.0. The lowest BCUT2D eigenvalue weighted by molar-refractivity contribution is -0.125. The molecule has 0 aromatic heterocycles. The Labute approximate surface area is 139 Å². The minimum absolute atomic E-state index is 0.0325. The molecule has 0 aliphatic carbocycles. The van der Waals surface area contributed by atoms with Crippen LogP contribution in [0.3, 0.4) is 0 Å². The van der Waals surface area contributed by atoms with Gasteiger partial charge in [-0.1, -0.05) is 12.1 Å². The van der Waals surface area contributed by atoms with Crippen LogP contribution in [0, 0.1) is 5.82 Å². The zero-order valence-corrected chi connectivity index (χ0v) is 13.4. The molecule has 1 aliphatic rings. The van der Waals surface area contributed by atoms with Crippen molar-refractivity contribution in [1.82, 2.24) is 0 Å². The van der Waals surface area contributed by atoms with E-state index in [1.165, 1.54) is 18.2 Å². The van der Waals surface area contributed by atoms with Crippen LogP contribution in [0.1, 0.15) is 24.2 Å². The van der Waals surface area contributed by atoms with E-state index in [0.717, 1.165) is 0 Å². The van der Waals surface area contributed by atoms with E-state index in [9.17, 15) is 14.0 Å². The van der Waals surface area contributed by atoms with Crippen molar-refractivity contribution >= 4 is 23.2 Å². The summed E-state index contributed by atoms with van der Waals surface area (Å²) in [7, 11) is 0. The van der Waals surface area contributed by atoms with E-state index in [1.807, 2.05) is 6.92 Å². The number of amides is 2. The first-order valence-corrected chi connectivity index (χ1v) is 7.69. The first-order valence-electron chi connectivity index (χ1n) is 7.69. The van der Waals surface area contributed by atoms with E-state index in [-0.39, 0.29) is 11.5 Å². The molecule has 0 saturated carbocycles. The predicted molar refractivity (Wildman–Crippen MR) is 88.9 cm³/mol. The van der Waals surface area contributed by atoms with E-state index in [2.05, 4.69) is 5.32 Å². The van der Waals surface area contributed by atoms with E-state index in [0.29, 0.717) is 23.7 Å². The lowest BCUT2D eigenvalue weighted by Gasteiger charge is -2.32. The van der Waals surface area contributed by atoms with Gasteiger partial charge in [-0.15, -0.1) is 0 Å². The second kappa shape index (κ2) is 6.31. The molecule has 0 radical (unpaired) electrons. The summed E-state index contributed by atoms with van der Waals surface area (Å²) in [6, 6.07) is 10.8. The number of hydrogen-bond donors (Lipinski definition) is 1. The zero-order valence-electron chi connectivity index (χ0n) is 13.4. The molecule has 1 N–H and O–H groups in total. The van der Waals surface area contributed by atoms with Crippen LogP contribution in [0.4, 0.5) is 15.8 Å². The van der Waals surface area contributed by atoms with Crippen molar-refractivity contribution in [3.8, 4) is 5.75 Å². The van der Waals surface area contributed by atoms with Gasteiger partial charge in [0.15, 0.2) is 6.10 Å². The van der Waals surface area contributed by atoms with Gasteiger partial charge in [0, 0.05) is 18.3 Å². The van der Waals surface area contributed by atoms with Crippen molar-refractivity contribution in [3.63, 3.8) is 0 Å². The number of anilines is 2. The van der Waals surface area contributed by atoms with Crippen LogP contribution in [-0.2, 0) is 4.79 Å². The van der Waals surface area contributed by atoms with Gasteiger partial charge in [0.2, 0.25) is 0 Å². The van der Waals surface area contributed by atoms with Gasteiger partial charge in [0.25, 0.3) is 11.8 Å². The van der Waals surface area contributed by atoms with Gasteiger partial charge in [0.05, 0.1) is 11.3 Å². The Kier molecular flexibility index (Phi) is 4.20. The summed E-state index contributed by atoms with van der Waals surface area (Å²) >= 11 is 0. The Morgan fingerprint density at radius 3 is 2.75 bits per heavy atom. The Bertz CT molecular complexity index is 807. The summed E-state index contributed by atoms with van der Waals surface area (Å²) in [5.74, 6) is -0.718. The summed E-state index contributed by atoms with van der Waals surface area (Å²) < 4.78 is 19.3. The molecule has 3 rings (SSSR count). The van der Waals surface area contributed by atoms with Crippen LogP contribution >= 0.6 is 0 Å². The number of hydrogen-bond acceptors (Lipinski definition) is 3. The lowest BCUT2D eigenvalue weighted by Crippen LogP contribution is -2.44. The summed E-state index contributed by atoms with van der Waals surface area (Å²) in [4.78, 5) is 25.9. The fraction of sp³-hybridized carbons (Fsp3) is 0.222. The lowest BCUT2D eigenvalue weighted by atomic mass is 10.1. The highest BCUT2D eigenvalue weighted by Crippen LogP contribution is 2.36. The molecular formula is C18H17FN2O3. The summed E-state index contributed by atoms with van der Waals surface area (Å²) in [6.07, 6.45) is -0.588. The average molecular weight is 328 g/mol. The smallest absolute Gasteiger partial charge is 0.267 e. The third-order valence-corrected chi connectivity index (χ3v) is 3.86. The quantitative estimate of drug-likeness (QED) is 0.941. The van der Waals surface area contributed by atoms with Gasteiger partial charge in [-0.25, -0.2) is 4.39 Å². The number of carbonyl (C=O) groups excluding carboxylic acids is 2. The standard InChI is InChI=1S/C18H17FN2O3/c1-3-21-15-9-8-12(10-16(15)24-11(2)18(21)23)20-17(22)13-6-4-5-7-14(13)19/h4-11H,3H2,1-2H3,(H,20,22). The minimum Gasteiger partial charge on any atom is -0.479 e. The topological polar surface area (TPSA) is 58.6 Å². The van der Waals surface area contributed by atoms with Crippen molar-refractivity contribution in [2.24, 2.45) is 0 Å². The van der Waals surface area contributed by atoms with E-state index in [1.54, 1.807) is 36.1 Å². The van der Waals surface area contributed by atoms with Gasteiger partial charge >= 0.3 is 0 Å². The number of halogens is 1. The molecule has 1 heterocycles. The van der Waals surface area contributed by atoms with Crippen molar-refractivity contribution in [2.45, 2.75) is 20.0 Å². The van der Waals surface area contributed by atoms with Crippen LogP contribution < -0.4 is 15.0 Å². The molecule has 2 aromatic carbocycles. The molecule has 24 heavy (non-hydrogen) atoms. The largest absolute Gasteiger partial charge is 0.479 e. The summed E-state index contributed by atoms with van der Waals surface area (Å²) in [5, 5.41) is 2.65. The predicted octanol–water partition coefficient (Wildman–Crippen LogP) is 3.21. The maximum atomic E-state index is 13.7. The first-order chi connectivity index (χ1) is 11.5. The number of fused-ring (bicyclic) bond motifs is 1. The summed E-state index contributed by atoms with van der Waals surface area (Å²) in [6.45, 7) is 4.09. The fourth-order valence-corrected chi connectivity index (χ4v) is 2.66. The maximum absolute atomic E-state index is 13.7. The van der Waals surface area contributed by atoms with Gasteiger partial charge in [0.1, 0.15) is 11.6 Å². The number of benzene rings is 2. The van der Waals surface area contributed by atoms with Gasteiger partial charge in [-0.05, 0) is 38.1 Å². The van der Waals surface area contributed by atoms with E-state index in [4.69, 9.17) is 4.74 Å². The van der Waals surface area contributed by atoms with Crippen LogP contribution in [0.25, 0.3) is 0 Å². The van der Waals surface area contributed by atoms with Crippen molar-refractivity contribution in [3.05, 3.63) is 53.8 Å². The molecule has 0 fully saturated rings. The average Bonchev–Trinajstić information content (AvgIpc) is 2.56. The molecule has 5 nitrogen and oxygen atoms in total. The number of rotatable bonds is 3.